The van der Waals surface area contributed by atoms with Crippen LogP contribution in [0.15, 0.2) is 18.3 Å². The minimum Gasteiger partial charge on any atom is -0.485 e. The van der Waals surface area contributed by atoms with E-state index in [1.54, 1.807) is 6.20 Å². The number of carbonyl (C=O) groups is 1. The molecule has 5 nitrogen and oxygen atoms in total. The van der Waals surface area contributed by atoms with Gasteiger partial charge in [0.1, 0.15) is 6.10 Å². The zero-order valence-electron chi connectivity index (χ0n) is 13.9. The number of hydrogen-bond acceptors (Lipinski definition) is 4. The second-order valence-corrected chi connectivity index (χ2v) is 7.38. The van der Waals surface area contributed by atoms with Crippen molar-refractivity contribution in [2.75, 3.05) is 32.1 Å². The van der Waals surface area contributed by atoms with E-state index in [1.165, 1.54) is 12.8 Å². The molecule has 23 heavy (non-hydrogen) atoms. The van der Waals surface area contributed by atoms with Crippen LogP contribution in [0.3, 0.4) is 0 Å². The average molecular weight is 315 g/mol. The first kappa shape index (κ1) is 14.8. The van der Waals surface area contributed by atoms with Gasteiger partial charge in [-0.1, -0.05) is 0 Å². The minimum atomic E-state index is 0.0833. The summed E-state index contributed by atoms with van der Waals surface area (Å²) in [6.07, 6.45) is 6.58. The number of aromatic nitrogens is 1. The van der Waals surface area contributed by atoms with E-state index < -0.39 is 0 Å². The lowest BCUT2D eigenvalue weighted by Gasteiger charge is -2.20. The smallest absolute Gasteiger partial charge is 0.226 e. The van der Waals surface area contributed by atoms with Crippen molar-refractivity contribution in [3.8, 4) is 5.75 Å². The number of anilines is 1. The van der Waals surface area contributed by atoms with E-state index in [0.717, 1.165) is 36.9 Å². The molecule has 0 bridgehead atoms. The predicted octanol–water partition coefficient (Wildman–Crippen LogP) is 2.17. The van der Waals surface area contributed by atoms with Crippen molar-refractivity contribution in [2.45, 2.75) is 31.8 Å². The molecule has 4 rings (SSSR count). The highest BCUT2D eigenvalue weighted by Crippen LogP contribution is 2.55. The number of pyridine rings is 1. The standard InChI is InChI=1S/C18H25N3O2/c1-20(2)17-16(4-3-8-19-17)23-13-7-9-21(11-13)18(22)15-10-14(15)12-5-6-12/h3-4,8,12-15H,5-7,9-11H2,1-2H3/t13-,14-,15-/m1/s1. The number of nitrogens with zero attached hydrogens (tertiary/aromatic N) is 3. The predicted molar refractivity (Wildman–Crippen MR) is 88.5 cm³/mol. The lowest BCUT2D eigenvalue weighted by atomic mass is 10.2. The molecule has 1 aromatic rings. The first-order valence-electron chi connectivity index (χ1n) is 8.71. The van der Waals surface area contributed by atoms with E-state index in [2.05, 4.69) is 4.98 Å². The van der Waals surface area contributed by atoms with E-state index in [9.17, 15) is 4.79 Å². The van der Waals surface area contributed by atoms with Gasteiger partial charge in [0.2, 0.25) is 5.91 Å². The van der Waals surface area contributed by atoms with E-state index in [-0.39, 0.29) is 6.10 Å². The minimum absolute atomic E-state index is 0.0833. The summed E-state index contributed by atoms with van der Waals surface area (Å²) in [7, 11) is 3.93. The van der Waals surface area contributed by atoms with Crippen molar-refractivity contribution < 1.29 is 9.53 Å². The Morgan fingerprint density at radius 3 is 2.91 bits per heavy atom. The molecular formula is C18H25N3O2. The molecule has 0 unspecified atom stereocenters. The van der Waals surface area contributed by atoms with Crippen LogP contribution in [0.5, 0.6) is 5.75 Å². The fourth-order valence-corrected chi connectivity index (χ4v) is 3.79. The fourth-order valence-electron chi connectivity index (χ4n) is 3.79. The van der Waals surface area contributed by atoms with Crippen LogP contribution in [-0.2, 0) is 4.79 Å². The van der Waals surface area contributed by atoms with Gasteiger partial charge in [-0.25, -0.2) is 4.98 Å². The number of rotatable bonds is 5. The van der Waals surface area contributed by atoms with Crippen LogP contribution >= 0.6 is 0 Å². The normalized spacial score (nSPS) is 29.5. The third-order valence-electron chi connectivity index (χ3n) is 5.31. The molecule has 5 heteroatoms. The summed E-state index contributed by atoms with van der Waals surface area (Å²) in [6.45, 7) is 1.55. The summed E-state index contributed by atoms with van der Waals surface area (Å²) in [5.74, 6) is 3.88. The first-order chi connectivity index (χ1) is 11.1. The Balaban J connectivity index is 1.35. The molecule has 3 atom stereocenters. The van der Waals surface area contributed by atoms with Crippen molar-refractivity contribution in [3.63, 3.8) is 0 Å². The van der Waals surface area contributed by atoms with Gasteiger partial charge in [-0.2, -0.15) is 0 Å². The van der Waals surface area contributed by atoms with Gasteiger partial charge in [0.05, 0.1) is 6.54 Å². The number of carbonyl (C=O) groups excluding carboxylic acids is 1. The molecule has 1 saturated heterocycles. The molecular weight excluding hydrogens is 290 g/mol. The highest BCUT2D eigenvalue weighted by Gasteiger charge is 2.52. The van der Waals surface area contributed by atoms with Gasteiger partial charge >= 0.3 is 0 Å². The molecule has 124 valence electrons. The van der Waals surface area contributed by atoms with Gasteiger partial charge in [-0.3, -0.25) is 4.79 Å². The summed E-state index contributed by atoms with van der Waals surface area (Å²) in [5.41, 5.74) is 0. The molecule has 0 spiro atoms. The van der Waals surface area contributed by atoms with Gasteiger partial charge in [-0.15, -0.1) is 0 Å². The number of likely N-dealkylation sites (tertiary alicyclic amines) is 1. The lowest BCUT2D eigenvalue weighted by molar-refractivity contribution is -0.132. The van der Waals surface area contributed by atoms with Crippen LogP contribution in [0, 0.1) is 17.8 Å². The van der Waals surface area contributed by atoms with Gasteiger partial charge in [-0.05, 0) is 43.2 Å². The Labute approximate surface area is 137 Å². The molecule has 3 aliphatic rings. The molecule has 2 heterocycles. The topological polar surface area (TPSA) is 45.7 Å². The maximum Gasteiger partial charge on any atom is 0.226 e. The summed E-state index contributed by atoms with van der Waals surface area (Å²) in [4.78, 5) is 20.9. The molecule has 1 aromatic heterocycles. The number of amides is 1. The average Bonchev–Trinajstić information content (AvgIpc) is 3.43. The first-order valence-corrected chi connectivity index (χ1v) is 8.71. The second kappa shape index (κ2) is 5.69. The van der Waals surface area contributed by atoms with Crippen LogP contribution in [0.25, 0.3) is 0 Å². The third-order valence-corrected chi connectivity index (χ3v) is 5.31. The molecule has 2 aliphatic carbocycles. The maximum absolute atomic E-state index is 12.6. The quantitative estimate of drug-likeness (QED) is 0.835. The van der Waals surface area contributed by atoms with Crippen LogP contribution in [-0.4, -0.2) is 49.1 Å². The van der Waals surface area contributed by atoms with E-state index in [0.29, 0.717) is 24.3 Å². The van der Waals surface area contributed by atoms with Crippen molar-refractivity contribution in [1.29, 1.82) is 0 Å². The number of hydrogen-bond donors (Lipinski definition) is 0. The fraction of sp³-hybridized carbons (Fsp3) is 0.667. The zero-order valence-corrected chi connectivity index (χ0v) is 13.9. The third kappa shape index (κ3) is 3.01. The van der Waals surface area contributed by atoms with Crippen LogP contribution in [0.1, 0.15) is 25.7 Å². The highest BCUT2D eigenvalue weighted by atomic mass is 16.5. The Hall–Kier alpha value is -1.78. The lowest BCUT2D eigenvalue weighted by Crippen LogP contribution is -2.32. The van der Waals surface area contributed by atoms with Crippen LogP contribution in [0.4, 0.5) is 5.82 Å². The Morgan fingerprint density at radius 2 is 2.17 bits per heavy atom. The van der Waals surface area contributed by atoms with Crippen molar-refractivity contribution in [3.05, 3.63) is 18.3 Å². The summed E-state index contributed by atoms with van der Waals surface area (Å²) in [5, 5.41) is 0. The largest absolute Gasteiger partial charge is 0.485 e. The van der Waals surface area contributed by atoms with Crippen molar-refractivity contribution in [2.24, 2.45) is 17.8 Å². The van der Waals surface area contributed by atoms with E-state index in [4.69, 9.17) is 4.74 Å². The van der Waals surface area contributed by atoms with Gasteiger partial charge in [0.25, 0.3) is 0 Å². The molecule has 1 aliphatic heterocycles. The molecule has 0 N–H and O–H groups in total. The van der Waals surface area contributed by atoms with Gasteiger partial charge in [0.15, 0.2) is 11.6 Å². The Kier molecular flexibility index (Phi) is 3.66. The van der Waals surface area contributed by atoms with Crippen molar-refractivity contribution in [1.82, 2.24) is 9.88 Å². The maximum atomic E-state index is 12.6. The summed E-state index contributed by atoms with van der Waals surface area (Å²) < 4.78 is 6.14. The van der Waals surface area contributed by atoms with Gasteiger partial charge in [0, 0.05) is 39.2 Å². The highest BCUT2D eigenvalue weighted by molar-refractivity contribution is 5.82. The van der Waals surface area contributed by atoms with Crippen molar-refractivity contribution >= 4 is 11.7 Å². The van der Waals surface area contributed by atoms with Gasteiger partial charge < -0.3 is 14.5 Å². The molecule has 3 fully saturated rings. The van der Waals surface area contributed by atoms with E-state index >= 15 is 0 Å². The SMILES string of the molecule is CN(C)c1ncccc1O[C@@H]1CCN(C(=O)[C@@H]2C[C@@H]2C2CC2)C1. The Bertz CT molecular complexity index is 600. The molecule has 1 amide bonds. The monoisotopic (exact) mass is 315 g/mol. The molecule has 0 aromatic carbocycles. The summed E-state index contributed by atoms with van der Waals surface area (Å²) in [6, 6.07) is 3.85. The zero-order chi connectivity index (χ0) is 16.0. The Morgan fingerprint density at radius 1 is 1.35 bits per heavy atom. The van der Waals surface area contributed by atoms with E-state index in [1.807, 2.05) is 36.0 Å². The number of ether oxygens (including phenoxy) is 1. The summed E-state index contributed by atoms with van der Waals surface area (Å²) >= 11 is 0. The second-order valence-electron chi connectivity index (χ2n) is 7.38. The molecule has 2 saturated carbocycles. The van der Waals surface area contributed by atoms with Crippen LogP contribution in [0.2, 0.25) is 0 Å². The molecule has 0 radical (unpaired) electrons. The van der Waals surface area contributed by atoms with Crippen LogP contribution < -0.4 is 9.64 Å².